The minimum absolute atomic E-state index is 0.0399. The van der Waals surface area contributed by atoms with Crippen LogP contribution in [-0.4, -0.2) is 72.9 Å². The van der Waals surface area contributed by atoms with E-state index in [1.807, 2.05) is 0 Å². The van der Waals surface area contributed by atoms with Gasteiger partial charge in [-0.2, -0.15) is 15.1 Å². The molecule has 0 aliphatic carbocycles. The van der Waals surface area contributed by atoms with E-state index < -0.39 is 55.2 Å². The van der Waals surface area contributed by atoms with E-state index in [0.717, 1.165) is 0 Å². The number of fused-ring (bicyclic) bond motifs is 1. The van der Waals surface area contributed by atoms with Gasteiger partial charge in [0.2, 0.25) is 5.95 Å². The van der Waals surface area contributed by atoms with E-state index in [1.54, 1.807) is 51.2 Å². The Hall–Kier alpha value is -2.71. The number of nitrogens with two attached hydrogens (primary N) is 1. The molecule has 0 saturated carbocycles. The highest BCUT2D eigenvalue weighted by atomic mass is 35.5. The first kappa shape index (κ1) is 30.3. The van der Waals surface area contributed by atoms with Gasteiger partial charge in [-0.05, 0) is 32.9 Å². The zero-order valence-electron chi connectivity index (χ0n) is 22.0. The maximum atomic E-state index is 13.8. The minimum atomic E-state index is -4.24. The summed E-state index contributed by atoms with van der Waals surface area (Å²) in [5.41, 5.74) is 6.45. The van der Waals surface area contributed by atoms with Crippen molar-refractivity contribution in [1.29, 1.82) is 0 Å². The summed E-state index contributed by atoms with van der Waals surface area (Å²) in [6, 6.07) is 7.14. The predicted octanol–water partition coefficient (Wildman–Crippen LogP) is 3.02. The Bertz CT molecular complexity index is 1390. The molecule has 5 N–H and O–H groups in total. The number of hydrogen-bond acceptors (Lipinski definition) is 12. The van der Waals surface area contributed by atoms with Crippen LogP contribution in [0.25, 0.3) is 11.2 Å². The third kappa shape index (κ3) is 6.44. The van der Waals surface area contributed by atoms with E-state index in [2.05, 4.69) is 25.4 Å². The van der Waals surface area contributed by atoms with Crippen LogP contribution in [0.3, 0.4) is 0 Å². The van der Waals surface area contributed by atoms with Crippen LogP contribution in [0.5, 0.6) is 5.75 Å². The Morgan fingerprint density at radius 2 is 1.98 bits per heavy atom. The number of benzene rings is 1. The maximum absolute atomic E-state index is 13.8. The first-order valence-electron chi connectivity index (χ1n) is 12.2. The van der Waals surface area contributed by atoms with Gasteiger partial charge in [0.15, 0.2) is 27.5 Å². The summed E-state index contributed by atoms with van der Waals surface area (Å²) in [5, 5.41) is 16.4. The van der Waals surface area contributed by atoms with Crippen molar-refractivity contribution in [3.8, 4) is 5.75 Å². The van der Waals surface area contributed by atoms with Gasteiger partial charge in [-0.25, -0.2) is 9.55 Å². The molecular weight excluding hydrogens is 588 g/mol. The van der Waals surface area contributed by atoms with Gasteiger partial charge in [-0.15, -0.1) is 0 Å². The molecule has 4 rings (SSSR count). The topological polar surface area (TPSA) is 185 Å². The van der Waals surface area contributed by atoms with Crippen LogP contribution < -0.4 is 20.7 Å². The number of hydrogen-bond donors (Lipinski definition) is 4. The van der Waals surface area contributed by atoms with E-state index in [-0.39, 0.29) is 17.3 Å². The molecule has 14 nitrogen and oxygen atoms in total. The van der Waals surface area contributed by atoms with E-state index in [4.69, 9.17) is 47.5 Å². The third-order valence-electron chi connectivity index (χ3n) is 5.74. The summed E-state index contributed by atoms with van der Waals surface area (Å²) in [7, 11) is -2.60. The van der Waals surface area contributed by atoms with Gasteiger partial charge in [-0.1, -0.05) is 41.4 Å². The summed E-state index contributed by atoms with van der Waals surface area (Å²) < 4.78 is 35.7. The van der Waals surface area contributed by atoms with E-state index >= 15 is 0 Å². The molecule has 0 spiro atoms. The lowest BCUT2D eigenvalue weighted by Gasteiger charge is -2.25. The van der Waals surface area contributed by atoms with Crippen molar-refractivity contribution in [2.24, 2.45) is 0 Å². The number of carbonyl (C=O) groups is 1. The molecule has 218 valence electrons. The molecule has 0 bridgehead atoms. The van der Waals surface area contributed by atoms with Gasteiger partial charge in [0.05, 0.1) is 19.0 Å². The summed E-state index contributed by atoms with van der Waals surface area (Å²) >= 11 is 13.1. The molecule has 1 aliphatic rings. The number of anilines is 2. The zero-order chi connectivity index (χ0) is 29.2. The Morgan fingerprint density at radius 3 is 2.62 bits per heavy atom. The number of nitrogens with zero attached hydrogens (tertiary/aromatic N) is 4. The molecule has 1 aromatic carbocycles. The van der Waals surface area contributed by atoms with E-state index in [1.165, 1.54) is 17.8 Å². The largest absolute Gasteiger partial charge is 0.462 e. The lowest BCUT2D eigenvalue weighted by Crippen LogP contribution is -2.39. The van der Waals surface area contributed by atoms with Crippen molar-refractivity contribution < 1.29 is 33.0 Å². The van der Waals surface area contributed by atoms with Gasteiger partial charge >= 0.3 is 13.7 Å². The molecule has 3 heterocycles. The van der Waals surface area contributed by atoms with Crippen LogP contribution in [0.4, 0.5) is 11.8 Å². The van der Waals surface area contributed by atoms with Crippen molar-refractivity contribution in [2.45, 2.75) is 55.7 Å². The van der Waals surface area contributed by atoms with Crippen molar-refractivity contribution >= 4 is 59.8 Å². The van der Waals surface area contributed by atoms with Gasteiger partial charge < -0.3 is 30.2 Å². The second kappa shape index (κ2) is 12.0. The lowest BCUT2D eigenvalue weighted by molar-refractivity contribution is -0.149. The molecule has 2 aromatic heterocycles. The average Bonchev–Trinajstić information content (AvgIpc) is 3.40. The molecule has 0 radical (unpaired) electrons. The van der Waals surface area contributed by atoms with Crippen LogP contribution >= 0.6 is 30.9 Å². The van der Waals surface area contributed by atoms with E-state index in [9.17, 15) is 14.5 Å². The van der Waals surface area contributed by atoms with Crippen molar-refractivity contribution in [3.05, 3.63) is 36.7 Å². The number of aliphatic hydroxyl groups excluding tert-OH is 1. The second-order valence-corrected chi connectivity index (χ2v) is 12.3. The highest BCUT2D eigenvalue weighted by molar-refractivity contribution is 7.52. The Morgan fingerprint density at radius 1 is 1.27 bits per heavy atom. The fraction of sp³-hybridized carbons (Fsp3) is 0.478. The van der Waals surface area contributed by atoms with Crippen molar-refractivity contribution in [1.82, 2.24) is 24.6 Å². The van der Waals surface area contributed by atoms with Crippen LogP contribution in [0.15, 0.2) is 36.7 Å². The highest BCUT2D eigenvalue weighted by Crippen LogP contribution is 2.50. The summed E-state index contributed by atoms with van der Waals surface area (Å²) in [6.45, 7) is 4.33. The normalized spacial score (nSPS) is 22.6. The zero-order valence-corrected chi connectivity index (χ0v) is 24.4. The Balaban J connectivity index is 1.56. The molecule has 17 heteroatoms. The molecule has 40 heavy (non-hydrogen) atoms. The molecule has 1 saturated heterocycles. The van der Waals surface area contributed by atoms with Gasteiger partial charge in [-0.3, -0.25) is 13.9 Å². The number of aromatic nitrogens is 4. The smallest absolute Gasteiger partial charge is 0.459 e. The molecular formula is C23H30Cl2N7O7P. The number of nitrogens with one attached hydrogen (secondary N) is 2. The molecule has 0 amide bonds. The standard InChI is InChI=1S/C23H30Cl2N7O7P/c1-12(2)37-20(34)13(3)31-40(35,39-14-8-6-5-7-9-14)36-10-15-17(33)23(24,25)21(38-15)32-11-28-16-18(27-4)29-22(26)30-19(16)32/h5-9,11-13,15,17,21,33H,10H2,1-4H3,(H,31,35)(H3,26,27,29,30)/t13-,15-,17-,21-,40?/m1/s1. The minimum Gasteiger partial charge on any atom is -0.462 e. The number of para-hydroxylation sites is 1. The fourth-order valence-electron chi connectivity index (χ4n) is 3.89. The first-order valence-corrected chi connectivity index (χ1v) is 14.5. The van der Waals surface area contributed by atoms with Crippen molar-refractivity contribution in [2.75, 3.05) is 24.7 Å². The number of halogens is 2. The van der Waals surface area contributed by atoms with Gasteiger partial charge in [0.1, 0.15) is 24.0 Å². The number of rotatable bonds is 11. The quantitative estimate of drug-likeness (QED) is 0.140. The van der Waals surface area contributed by atoms with Gasteiger partial charge in [0, 0.05) is 7.05 Å². The summed E-state index contributed by atoms with van der Waals surface area (Å²) in [6.07, 6.45) is -2.93. The average molecular weight is 618 g/mol. The molecule has 5 atom stereocenters. The molecule has 1 unspecified atom stereocenters. The first-order chi connectivity index (χ1) is 18.8. The van der Waals surface area contributed by atoms with E-state index in [0.29, 0.717) is 11.3 Å². The molecule has 1 fully saturated rings. The number of aliphatic hydroxyl groups is 1. The second-order valence-electron chi connectivity index (χ2n) is 9.18. The number of nitrogen functional groups attached to an aromatic ring is 1. The molecule has 1 aliphatic heterocycles. The van der Waals surface area contributed by atoms with Crippen LogP contribution in [0, 0.1) is 0 Å². The fourth-order valence-corrected chi connectivity index (χ4v) is 5.99. The Labute approximate surface area is 240 Å². The van der Waals surface area contributed by atoms with Crippen molar-refractivity contribution in [3.63, 3.8) is 0 Å². The number of carbonyl (C=O) groups excluding carboxylic acids is 1. The summed E-state index contributed by atoms with van der Waals surface area (Å²) in [4.78, 5) is 25.0. The lowest BCUT2D eigenvalue weighted by atomic mass is 10.2. The number of ether oxygens (including phenoxy) is 2. The van der Waals surface area contributed by atoms with Crippen LogP contribution in [0.2, 0.25) is 0 Å². The predicted molar refractivity (Wildman–Crippen MR) is 148 cm³/mol. The maximum Gasteiger partial charge on any atom is 0.459 e. The molecule has 3 aromatic rings. The third-order valence-corrected chi connectivity index (χ3v) is 8.21. The Kier molecular flexibility index (Phi) is 9.10. The van der Waals surface area contributed by atoms with Crippen LogP contribution in [-0.2, 0) is 23.4 Å². The number of alkyl halides is 2. The number of esters is 1. The summed E-state index contributed by atoms with van der Waals surface area (Å²) in [5.74, 6) is -0.131. The SMILES string of the molecule is CNc1nc(N)nc2c1ncn2[C@@H]1O[C@H](COP(=O)(N[C@H](C)C(=O)OC(C)C)Oc2ccccc2)[C@@H](O)C1(Cl)Cl. The van der Waals surface area contributed by atoms with Crippen LogP contribution in [0.1, 0.15) is 27.0 Å². The monoisotopic (exact) mass is 617 g/mol. The van der Waals surface area contributed by atoms with Gasteiger partial charge in [0.25, 0.3) is 0 Å². The highest BCUT2D eigenvalue weighted by Gasteiger charge is 2.56. The number of imidazole rings is 1.